The van der Waals surface area contributed by atoms with E-state index in [2.05, 4.69) is 9.97 Å². The Bertz CT molecular complexity index is 587. The second kappa shape index (κ2) is 6.01. The maximum atomic E-state index is 11.7. The summed E-state index contributed by atoms with van der Waals surface area (Å²) in [4.78, 5) is 20.4. The van der Waals surface area contributed by atoms with Crippen LogP contribution in [0.4, 0.5) is 16.2 Å². The van der Waals surface area contributed by atoms with Gasteiger partial charge in [0.05, 0.1) is 11.4 Å². The predicted molar refractivity (Wildman–Crippen MR) is 80.2 cm³/mol. The Morgan fingerprint density at radius 1 is 0.850 bits per heavy atom. The quantitative estimate of drug-likeness (QED) is 0.819. The van der Waals surface area contributed by atoms with E-state index in [1.54, 1.807) is 0 Å². The number of primary amides is 1. The third kappa shape index (κ3) is 3.43. The molecule has 0 spiro atoms. The Morgan fingerprint density at radius 3 is 1.40 bits per heavy atom. The number of carbonyl (C=O) groups excluding carboxylic acids is 1. The van der Waals surface area contributed by atoms with Gasteiger partial charge in [-0.2, -0.15) is 0 Å². The van der Waals surface area contributed by atoms with Crippen LogP contribution in [0.3, 0.4) is 0 Å². The highest BCUT2D eigenvalue weighted by atomic mass is 35.5. The fourth-order valence-corrected chi connectivity index (χ4v) is 2.46. The van der Waals surface area contributed by atoms with E-state index in [-0.39, 0.29) is 20.6 Å². The summed E-state index contributed by atoms with van der Waals surface area (Å²) in [6.07, 6.45) is 0. The van der Waals surface area contributed by atoms with Crippen LogP contribution in [0.15, 0.2) is 24.3 Å². The summed E-state index contributed by atoms with van der Waals surface area (Å²) in [6.45, 7) is 0. The standard InChI is InChI=1S/C11H6Cl4N4O/c12-7-1-5(2-8(13)17-7)19(11(16)20)6-3-9(14)18-10(15)4-6/h1-4H,(H2,16,20). The summed E-state index contributed by atoms with van der Waals surface area (Å²) in [5.41, 5.74) is 6.04. The molecule has 2 rings (SSSR count). The van der Waals surface area contributed by atoms with Crippen molar-refractivity contribution in [3.63, 3.8) is 0 Å². The lowest BCUT2D eigenvalue weighted by Crippen LogP contribution is -2.31. The molecule has 0 aliphatic heterocycles. The third-order valence-corrected chi connectivity index (χ3v) is 3.01. The van der Waals surface area contributed by atoms with Crippen molar-refractivity contribution in [2.45, 2.75) is 0 Å². The molecule has 0 aliphatic carbocycles. The SMILES string of the molecule is NC(=O)N(c1cc(Cl)nc(Cl)c1)c1cc(Cl)nc(Cl)c1. The molecular weight excluding hydrogens is 346 g/mol. The number of hydrogen-bond acceptors (Lipinski definition) is 3. The summed E-state index contributed by atoms with van der Waals surface area (Å²) in [5.74, 6) is 0. The second-order valence-corrected chi connectivity index (χ2v) is 5.16. The molecule has 0 radical (unpaired) electrons. The molecule has 0 unspecified atom stereocenters. The van der Waals surface area contributed by atoms with Gasteiger partial charge in [-0.05, 0) is 24.3 Å². The van der Waals surface area contributed by atoms with Crippen molar-refractivity contribution in [2.75, 3.05) is 4.90 Å². The van der Waals surface area contributed by atoms with Crippen LogP contribution in [0, 0.1) is 0 Å². The lowest BCUT2D eigenvalue weighted by molar-refractivity contribution is 0.256. The van der Waals surface area contributed by atoms with Crippen molar-refractivity contribution >= 4 is 63.8 Å². The highest BCUT2D eigenvalue weighted by Gasteiger charge is 2.18. The topological polar surface area (TPSA) is 72.1 Å². The largest absolute Gasteiger partial charge is 0.351 e. The molecule has 2 N–H and O–H groups in total. The number of nitrogens with zero attached hydrogens (tertiary/aromatic N) is 3. The Labute approximate surface area is 134 Å². The van der Waals surface area contributed by atoms with Crippen LogP contribution in [0.1, 0.15) is 0 Å². The Hall–Kier alpha value is -1.27. The molecular formula is C11H6Cl4N4O. The minimum absolute atomic E-state index is 0.116. The maximum Gasteiger partial charge on any atom is 0.323 e. The molecule has 2 amide bonds. The van der Waals surface area contributed by atoms with E-state index in [4.69, 9.17) is 52.1 Å². The van der Waals surface area contributed by atoms with E-state index < -0.39 is 6.03 Å². The molecule has 0 saturated heterocycles. The number of hydrogen-bond donors (Lipinski definition) is 1. The molecule has 5 nitrogen and oxygen atoms in total. The molecule has 2 aromatic rings. The molecule has 0 aliphatic rings. The van der Waals surface area contributed by atoms with Crippen LogP contribution in [-0.2, 0) is 0 Å². The molecule has 0 bridgehead atoms. The van der Waals surface area contributed by atoms with E-state index in [1.165, 1.54) is 24.3 Å². The predicted octanol–water partition coefficient (Wildman–Crippen LogP) is 4.31. The van der Waals surface area contributed by atoms with Gasteiger partial charge in [0.2, 0.25) is 0 Å². The van der Waals surface area contributed by atoms with Gasteiger partial charge in [-0.3, -0.25) is 4.90 Å². The lowest BCUT2D eigenvalue weighted by atomic mass is 10.3. The Balaban J connectivity index is 2.59. The molecule has 2 aromatic heterocycles. The zero-order valence-corrected chi connectivity index (χ0v) is 12.7. The molecule has 2 heterocycles. The Morgan fingerprint density at radius 2 is 1.15 bits per heavy atom. The van der Waals surface area contributed by atoms with E-state index >= 15 is 0 Å². The molecule has 0 fully saturated rings. The molecule has 0 atom stereocenters. The van der Waals surface area contributed by atoms with Gasteiger partial charge in [0.1, 0.15) is 20.6 Å². The number of urea groups is 1. The minimum Gasteiger partial charge on any atom is -0.351 e. The highest BCUT2D eigenvalue weighted by Crippen LogP contribution is 2.31. The number of amides is 2. The molecule has 104 valence electrons. The van der Waals surface area contributed by atoms with E-state index in [0.29, 0.717) is 11.4 Å². The lowest BCUT2D eigenvalue weighted by Gasteiger charge is -2.21. The summed E-state index contributed by atoms with van der Waals surface area (Å²) in [6, 6.07) is 4.96. The van der Waals surface area contributed by atoms with E-state index in [0.717, 1.165) is 4.90 Å². The van der Waals surface area contributed by atoms with E-state index in [9.17, 15) is 4.79 Å². The van der Waals surface area contributed by atoms with Crippen molar-refractivity contribution in [3.05, 3.63) is 44.9 Å². The van der Waals surface area contributed by atoms with Gasteiger partial charge in [-0.1, -0.05) is 46.4 Å². The van der Waals surface area contributed by atoms with Crippen LogP contribution < -0.4 is 10.6 Å². The zero-order valence-electron chi connectivity index (χ0n) is 9.65. The van der Waals surface area contributed by atoms with Crippen molar-refractivity contribution in [3.8, 4) is 0 Å². The fourth-order valence-electron chi connectivity index (χ4n) is 1.57. The van der Waals surface area contributed by atoms with Gasteiger partial charge < -0.3 is 5.73 Å². The summed E-state index contributed by atoms with van der Waals surface area (Å²) < 4.78 is 0. The van der Waals surface area contributed by atoms with Crippen LogP contribution in [0.25, 0.3) is 0 Å². The van der Waals surface area contributed by atoms with Crippen molar-refractivity contribution in [2.24, 2.45) is 5.73 Å². The van der Waals surface area contributed by atoms with Gasteiger partial charge in [-0.15, -0.1) is 0 Å². The van der Waals surface area contributed by atoms with Gasteiger partial charge in [-0.25, -0.2) is 14.8 Å². The van der Waals surface area contributed by atoms with Crippen LogP contribution >= 0.6 is 46.4 Å². The number of pyridine rings is 2. The molecule has 20 heavy (non-hydrogen) atoms. The number of nitrogens with two attached hydrogens (primary N) is 1. The normalized spacial score (nSPS) is 10.4. The van der Waals surface area contributed by atoms with Gasteiger partial charge in [0.15, 0.2) is 0 Å². The number of aromatic nitrogens is 2. The van der Waals surface area contributed by atoms with E-state index in [1.807, 2.05) is 0 Å². The first-order valence-corrected chi connectivity index (χ1v) is 6.64. The van der Waals surface area contributed by atoms with Crippen molar-refractivity contribution < 1.29 is 4.79 Å². The number of halogens is 4. The summed E-state index contributed by atoms with van der Waals surface area (Å²) in [7, 11) is 0. The van der Waals surface area contributed by atoms with Crippen LogP contribution in [0.5, 0.6) is 0 Å². The first-order chi connectivity index (χ1) is 9.36. The average molecular weight is 352 g/mol. The van der Waals surface area contributed by atoms with Crippen molar-refractivity contribution in [1.29, 1.82) is 0 Å². The highest BCUT2D eigenvalue weighted by molar-refractivity contribution is 6.34. The maximum absolute atomic E-state index is 11.7. The van der Waals surface area contributed by atoms with Crippen LogP contribution in [-0.4, -0.2) is 16.0 Å². The zero-order chi connectivity index (χ0) is 14.9. The second-order valence-electron chi connectivity index (χ2n) is 3.62. The van der Waals surface area contributed by atoms with Gasteiger partial charge in [0, 0.05) is 0 Å². The average Bonchev–Trinajstić information content (AvgIpc) is 2.25. The number of carbonyl (C=O) groups is 1. The fraction of sp³-hybridized carbons (Fsp3) is 0. The monoisotopic (exact) mass is 350 g/mol. The summed E-state index contributed by atoms with van der Waals surface area (Å²) in [5, 5.41) is 0.463. The first-order valence-electron chi connectivity index (χ1n) is 5.12. The van der Waals surface area contributed by atoms with Crippen molar-refractivity contribution in [1.82, 2.24) is 9.97 Å². The van der Waals surface area contributed by atoms with Gasteiger partial charge in [0.25, 0.3) is 0 Å². The minimum atomic E-state index is -0.762. The Kier molecular flexibility index (Phi) is 4.55. The first kappa shape index (κ1) is 15.1. The number of rotatable bonds is 2. The smallest absolute Gasteiger partial charge is 0.323 e. The van der Waals surface area contributed by atoms with Crippen LogP contribution in [0.2, 0.25) is 20.6 Å². The molecule has 9 heteroatoms. The summed E-state index contributed by atoms with van der Waals surface area (Å²) >= 11 is 23.2. The van der Waals surface area contributed by atoms with Gasteiger partial charge >= 0.3 is 6.03 Å². The molecule has 0 saturated carbocycles. The third-order valence-electron chi connectivity index (χ3n) is 2.23. The number of anilines is 2. The molecule has 0 aromatic carbocycles.